The Balaban J connectivity index is 0. The first kappa shape index (κ1) is 23.2. The van der Waals surface area contributed by atoms with Gasteiger partial charge in [0.05, 0.1) is 13.2 Å². The molecule has 4 nitrogen and oxygen atoms in total. The molecule has 0 aromatic rings. The molecule has 0 aliphatic rings. The first-order valence-electron chi connectivity index (χ1n) is 8.49. The summed E-state index contributed by atoms with van der Waals surface area (Å²) >= 11 is 0. The van der Waals surface area contributed by atoms with Crippen molar-refractivity contribution in [1.82, 2.24) is 4.90 Å². The molecule has 0 aromatic carbocycles. The standard InChI is InChI=1S/C16H35NO2.HOP/c1-2-3-4-5-6-7-8-9-10-11-12-17(13-15-18)14-16-19;1-2/h18-19H,2-16H2,1H3;2H. The van der Waals surface area contributed by atoms with Crippen LogP contribution >= 0.6 is 9.12 Å². The van der Waals surface area contributed by atoms with E-state index in [0.29, 0.717) is 13.1 Å². The Morgan fingerprint density at radius 2 is 1.05 bits per heavy atom. The lowest BCUT2D eigenvalue weighted by molar-refractivity contribution is 0.159. The zero-order valence-corrected chi connectivity index (χ0v) is 14.9. The van der Waals surface area contributed by atoms with Crippen molar-refractivity contribution in [3.63, 3.8) is 0 Å². The highest BCUT2D eigenvalue weighted by Gasteiger charge is 2.02. The molecule has 5 heteroatoms. The number of aliphatic hydroxyl groups is 2. The molecule has 21 heavy (non-hydrogen) atoms. The van der Waals surface area contributed by atoms with Gasteiger partial charge in [0, 0.05) is 13.1 Å². The third-order valence-corrected chi connectivity index (χ3v) is 3.66. The third-order valence-electron chi connectivity index (χ3n) is 3.66. The first-order chi connectivity index (χ1) is 10.3. The van der Waals surface area contributed by atoms with Crippen LogP contribution in [0.2, 0.25) is 0 Å². The highest BCUT2D eigenvalue weighted by atomic mass is 31.0. The second kappa shape index (κ2) is 22.3. The van der Waals surface area contributed by atoms with Gasteiger partial charge in [0.15, 0.2) is 0 Å². The Bertz CT molecular complexity index is 179. The van der Waals surface area contributed by atoms with Crippen molar-refractivity contribution in [2.45, 2.75) is 71.1 Å². The Morgan fingerprint density at radius 1 is 0.667 bits per heavy atom. The molecule has 0 spiro atoms. The number of unbranched alkanes of at least 4 members (excludes halogenated alkanes) is 9. The first-order valence-corrected chi connectivity index (χ1v) is 8.90. The molecule has 0 aromatic heterocycles. The van der Waals surface area contributed by atoms with Gasteiger partial charge in [0.1, 0.15) is 9.12 Å². The fourth-order valence-corrected chi connectivity index (χ4v) is 2.44. The summed E-state index contributed by atoms with van der Waals surface area (Å²) in [4.78, 5) is 2.14. The number of hydrogen-bond acceptors (Lipinski definition) is 4. The molecule has 0 bridgehead atoms. The van der Waals surface area contributed by atoms with Crippen molar-refractivity contribution in [3.8, 4) is 0 Å². The molecule has 0 unspecified atom stereocenters. The second-order valence-electron chi connectivity index (χ2n) is 5.47. The van der Waals surface area contributed by atoms with E-state index < -0.39 is 0 Å². The zero-order valence-electron chi connectivity index (χ0n) is 13.9. The van der Waals surface area contributed by atoms with E-state index in [9.17, 15) is 0 Å². The molecule has 0 saturated carbocycles. The summed E-state index contributed by atoms with van der Waals surface area (Å²) in [6.07, 6.45) is 13.5. The normalized spacial score (nSPS) is 10.5. The number of rotatable bonds is 15. The molecule has 0 amide bonds. The van der Waals surface area contributed by atoms with Crippen LogP contribution in [0.4, 0.5) is 0 Å². The Morgan fingerprint density at radius 3 is 1.43 bits per heavy atom. The van der Waals surface area contributed by atoms with Crippen molar-refractivity contribution < 1.29 is 14.8 Å². The van der Waals surface area contributed by atoms with E-state index in [1.807, 2.05) is 0 Å². The number of nitrogens with zero attached hydrogens (tertiary/aromatic N) is 1. The smallest absolute Gasteiger partial charge is 0.138 e. The molecular formula is C16H36NO3P. The summed E-state index contributed by atoms with van der Waals surface area (Å²) in [5.74, 6) is 0. The van der Waals surface area contributed by atoms with Gasteiger partial charge in [-0.3, -0.25) is 9.46 Å². The largest absolute Gasteiger partial charge is 0.395 e. The van der Waals surface area contributed by atoms with Gasteiger partial charge >= 0.3 is 0 Å². The molecule has 0 aliphatic carbocycles. The predicted molar refractivity (Wildman–Crippen MR) is 91.5 cm³/mol. The van der Waals surface area contributed by atoms with Crippen LogP contribution in [0.5, 0.6) is 0 Å². The molecule has 0 atom stereocenters. The van der Waals surface area contributed by atoms with Gasteiger partial charge in [0.2, 0.25) is 0 Å². The van der Waals surface area contributed by atoms with Crippen molar-refractivity contribution in [2.24, 2.45) is 0 Å². The Labute approximate surface area is 133 Å². The summed E-state index contributed by atoms with van der Waals surface area (Å²) in [7, 11) is 1.72. The summed E-state index contributed by atoms with van der Waals surface area (Å²) in [5, 5.41) is 17.8. The van der Waals surface area contributed by atoms with E-state index in [-0.39, 0.29) is 13.2 Å². The maximum absolute atomic E-state index is 8.90. The second-order valence-corrected chi connectivity index (χ2v) is 5.47. The molecule has 0 rings (SSSR count). The number of hydrogen-bond donors (Lipinski definition) is 2. The van der Waals surface area contributed by atoms with Gasteiger partial charge in [-0.1, -0.05) is 64.7 Å². The van der Waals surface area contributed by atoms with Gasteiger partial charge in [-0.05, 0) is 13.0 Å². The highest BCUT2D eigenvalue weighted by molar-refractivity contribution is 7.00. The molecule has 0 fully saturated rings. The van der Waals surface area contributed by atoms with Crippen LogP contribution in [0.3, 0.4) is 0 Å². The van der Waals surface area contributed by atoms with Gasteiger partial charge in [-0.15, -0.1) is 0 Å². The van der Waals surface area contributed by atoms with Crippen LogP contribution < -0.4 is 0 Å². The summed E-state index contributed by atoms with van der Waals surface area (Å²) in [6, 6.07) is 0. The van der Waals surface area contributed by atoms with Gasteiger partial charge < -0.3 is 10.2 Å². The van der Waals surface area contributed by atoms with E-state index in [0.717, 1.165) is 6.54 Å². The minimum atomic E-state index is 0.192. The van der Waals surface area contributed by atoms with Gasteiger partial charge in [-0.25, -0.2) is 0 Å². The fraction of sp³-hybridized carbons (Fsp3) is 1.00. The lowest BCUT2D eigenvalue weighted by atomic mass is 10.1. The molecule has 0 radical (unpaired) electrons. The molecular weight excluding hydrogens is 285 g/mol. The van der Waals surface area contributed by atoms with E-state index in [1.165, 1.54) is 64.2 Å². The minimum Gasteiger partial charge on any atom is -0.395 e. The summed E-state index contributed by atoms with van der Waals surface area (Å²) in [5.41, 5.74) is 0. The van der Waals surface area contributed by atoms with E-state index in [1.54, 1.807) is 9.12 Å². The van der Waals surface area contributed by atoms with Crippen LogP contribution in [-0.4, -0.2) is 48.0 Å². The molecule has 128 valence electrons. The zero-order chi connectivity index (χ0) is 16.2. The molecule has 0 aliphatic heterocycles. The summed E-state index contributed by atoms with van der Waals surface area (Å²) < 4.78 is 8.06. The van der Waals surface area contributed by atoms with Crippen LogP contribution in [-0.2, 0) is 4.57 Å². The van der Waals surface area contributed by atoms with Gasteiger partial charge in [0.25, 0.3) is 0 Å². The SMILES string of the molecule is CCCCCCCCCCCCN(CCO)CCO.O=P. The topological polar surface area (TPSA) is 60.8 Å². The minimum absolute atomic E-state index is 0.192. The average Bonchev–Trinajstić information content (AvgIpc) is 2.51. The quantitative estimate of drug-likeness (QED) is 0.357. The van der Waals surface area contributed by atoms with Crippen LogP contribution in [0, 0.1) is 0 Å². The van der Waals surface area contributed by atoms with Crippen LogP contribution in [0.1, 0.15) is 71.1 Å². The maximum atomic E-state index is 8.90. The number of aliphatic hydroxyl groups excluding tert-OH is 2. The van der Waals surface area contributed by atoms with Crippen molar-refractivity contribution in [1.29, 1.82) is 0 Å². The Hall–Kier alpha value is -0.0200. The fourth-order valence-electron chi connectivity index (χ4n) is 2.44. The molecule has 0 heterocycles. The lowest BCUT2D eigenvalue weighted by Gasteiger charge is -2.19. The van der Waals surface area contributed by atoms with E-state index >= 15 is 0 Å². The lowest BCUT2D eigenvalue weighted by Crippen LogP contribution is -2.30. The summed E-state index contributed by atoms with van der Waals surface area (Å²) in [6.45, 7) is 5.04. The highest BCUT2D eigenvalue weighted by Crippen LogP contribution is 2.10. The van der Waals surface area contributed by atoms with E-state index in [4.69, 9.17) is 14.8 Å². The van der Waals surface area contributed by atoms with Gasteiger partial charge in [-0.2, -0.15) is 0 Å². The van der Waals surface area contributed by atoms with Crippen LogP contribution in [0.15, 0.2) is 0 Å². The third kappa shape index (κ3) is 20.0. The monoisotopic (exact) mass is 321 g/mol. The Kier molecular flexibility index (Phi) is 24.6. The van der Waals surface area contributed by atoms with Crippen molar-refractivity contribution in [3.05, 3.63) is 0 Å². The van der Waals surface area contributed by atoms with E-state index in [2.05, 4.69) is 11.8 Å². The molecule has 2 N–H and O–H groups in total. The van der Waals surface area contributed by atoms with Crippen molar-refractivity contribution >= 4 is 9.12 Å². The average molecular weight is 321 g/mol. The predicted octanol–water partition coefficient (Wildman–Crippen LogP) is 3.67. The van der Waals surface area contributed by atoms with Crippen molar-refractivity contribution in [2.75, 3.05) is 32.8 Å². The molecule has 0 saturated heterocycles. The maximum Gasteiger partial charge on any atom is 0.138 e. The van der Waals surface area contributed by atoms with Crippen LogP contribution in [0.25, 0.3) is 0 Å².